The van der Waals surface area contributed by atoms with Gasteiger partial charge in [0.2, 0.25) is 0 Å². The molecular weight excluding hydrogens is 404 g/mol. The molecule has 0 aliphatic heterocycles. The number of hydrogen-bond acceptors (Lipinski definition) is 5. The van der Waals surface area contributed by atoms with E-state index in [1.54, 1.807) is 13.4 Å². The van der Waals surface area contributed by atoms with E-state index in [1.165, 1.54) is 5.56 Å². The van der Waals surface area contributed by atoms with Gasteiger partial charge in [-0.1, -0.05) is 43.4 Å². The minimum absolute atomic E-state index is 0.427. The van der Waals surface area contributed by atoms with Gasteiger partial charge in [0.05, 0.1) is 19.1 Å². The molecule has 2 heterocycles. The lowest BCUT2D eigenvalue weighted by molar-refractivity contribution is 0.0895. The average molecular weight is 433 g/mol. The third kappa shape index (κ3) is 5.71. The number of ether oxygens (including phenoxy) is 2. The molecular formula is C21H29ClN4O2Si. The Morgan fingerprint density at radius 3 is 2.55 bits per heavy atom. The molecule has 0 unspecified atom stereocenters. The van der Waals surface area contributed by atoms with Crippen molar-refractivity contribution in [3.05, 3.63) is 47.4 Å². The second-order valence-electron chi connectivity index (χ2n) is 8.40. The Balaban J connectivity index is 1.76. The van der Waals surface area contributed by atoms with Crippen molar-refractivity contribution in [1.29, 1.82) is 0 Å². The maximum absolute atomic E-state index is 6.33. The van der Waals surface area contributed by atoms with Crippen molar-refractivity contribution in [1.82, 2.24) is 14.5 Å². The fourth-order valence-electron chi connectivity index (χ4n) is 3.01. The molecule has 0 atom stereocenters. The molecule has 0 bridgehead atoms. The van der Waals surface area contributed by atoms with Crippen LogP contribution in [0.5, 0.6) is 5.75 Å². The van der Waals surface area contributed by atoms with E-state index in [9.17, 15) is 0 Å². The van der Waals surface area contributed by atoms with Gasteiger partial charge in [0.25, 0.3) is 0 Å². The van der Waals surface area contributed by atoms with Crippen molar-refractivity contribution in [3.8, 4) is 5.75 Å². The minimum atomic E-state index is -1.11. The van der Waals surface area contributed by atoms with Gasteiger partial charge in [0.15, 0.2) is 5.65 Å². The molecule has 0 saturated carbocycles. The summed E-state index contributed by atoms with van der Waals surface area (Å²) in [7, 11) is 2.58. The zero-order valence-electron chi connectivity index (χ0n) is 17.8. The Labute approximate surface area is 178 Å². The van der Waals surface area contributed by atoms with Crippen LogP contribution in [0.25, 0.3) is 11.2 Å². The summed E-state index contributed by atoms with van der Waals surface area (Å²) in [5.74, 6) is 0.846. The molecule has 3 aromatic rings. The summed E-state index contributed by atoms with van der Waals surface area (Å²) >= 11 is 6.33. The van der Waals surface area contributed by atoms with E-state index in [0.29, 0.717) is 11.9 Å². The van der Waals surface area contributed by atoms with E-state index < -0.39 is 8.07 Å². The van der Waals surface area contributed by atoms with E-state index >= 15 is 0 Å². The standard InChI is InChI=1S/C21H29ClN4O2Si/c1-25(13-16-6-8-17(27-2)9-7-16)18-12-19(22)24-21-20(18)23-14-26(21)15-28-10-11-29(3,4)5/h6-9,12,14H,10-11,13,15H2,1-5H3. The maximum atomic E-state index is 6.33. The Morgan fingerprint density at radius 1 is 1.17 bits per heavy atom. The minimum Gasteiger partial charge on any atom is -0.497 e. The monoisotopic (exact) mass is 432 g/mol. The summed E-state index contributed by atoms with van der Waals surface area (Å²) in [6.45, 7) is 8.93. The van der Waals surface area contributed by atoms with Gasteiger partial charge >= 0.3 is 0 Å². The quantitative estimate of drug-likeness (QED) is 0.269. The fraction of sp³-hybridized carbons (Fsp3) is 0.429. The topological polar surface area (TPSA) is 52.4 Å². The number of benzene rings is 1. The molecule has 3 rings (SSSR count). The molecule has 0 fully saturated rings. The molecule has 2 aromatic heterocycles. The van der Waals surface area contributed by atoms with Gasteiger partial charge < -0.3 is 14.4 Å². The van der Waals surface area contributed by atoms with Crippen LogP contribution in [0.2, 0.25) is 30.8 Å². The smallest absolute Gasteiger partial charge is 0.165 e. The van der Waals surface area contributed by atoms with Gasteiger partial charge in [-0.2, -0.15) is 0 Å². The summed E-state index contributed by atoms with van der Waals surface area (Å²) in [4.78, 5) is 11.2. The van der Waals surface area contributed by atoms with Crippen molar-refractivity contribution in [2.45, 2.75) is 39.0 Å². The van der Waals surface area contributed by atoms with Crippen molar-refractivity contribution in [3.63, 3.8) is 0 Å². The van der Waals surface area contributed by atoms with Crippen LogP contribution in [-0.4, -0.2) is 43.4 Å². The first kappa shape index (κ1) is 21.6. The third-order valence-electron chi connectivity index (χ3n) is 4.74. The number of anilines is 1. The molecule has 0 spiro atoms. The Morgan fingerprint density at radius 2 is 1.90 bits per heavy atom. The van der Waals surface area contributed by atoms with Crippen LogP contribution in [0.4, 0.5) is 5.69 Å². The second kappa shape index (κ2) is 9.15. The Hall–Kier alpha value is -2.09. The predicted octanol–water partition coefficient (Wildman–Crippen LogP) is 5.04. The van der Waals surface area contributed by atoms with Crippen LogP contribution < -0.4 is 9.64 Å². The predicted molar refractivity (Wildman–Crippen MR) is 122 cm³/mol. The highest BCUT2D eigenvalue weighted by Crippen LogP contribution is 2.28. The first-order valence-electron chi connectivity index (χ1n) is 9.70. The number of rotatable bonds is 9. The summed E-state index contributed by atoms with van der Waals surface area (Å²) in [6, 6.07) is 11.0. The molecule has 0 N–H and O–H groups in total. The van der Waals surface area contributed by atoms with Crippen molar-refractivity contribution >= 4 is 36.5 Å². The van der Waals surface area contributed by atoms with Gasteiger partial charge in [0.1, 0.15) is 23.2 Å². The first-order valence-corrected chi connectivity index (χ1v) is 13.8. The fourth-order valence-corrected chi connectivity index (χ4v) is 3.95. The summed E-state index contributed by atoms with van der Waals surface area (Å²) in [5, 5.41) is 0.443. The molecule has 1 aromatic carbocycles. The molecule has 0 amide bonds. The summed E-state index contributed by atoms with van der Waals surface area (Å²) in [6.07, 6.45) is 1.77. The number of halogens is 1. The van der Waals surface area contributed by atoms with Crippen LogP contribution in [0, 0.1) is 0 Å². The number of pyridine rings is 1. The second-order valence-corrected chi connectivity index (χ2v) is 14.4. The normalized spacial score (nSPS) is 11.8. The van der Waals surface area contributed by atoms with Crippen LogP contribution in [-0.2, 0) is 18.0 Å². The van der Waals surface area contributed by atoms with E-state index in [1.807, 2.05) is 29.8 Å². The molecule has 8 heteroatoms. The molecule has 0 aliphatic rings. The first-order chi connectivity index (χ1) is 13.8. The average Bonchev–Trinajstić information content (AvgIpc) is 3.07. The van der Waals surface area contributed by atoms with Gasteiger partial charge in [-0.05, 0) is 23.7 Å². The zero-order valence-corrected chi connectivity index (χ0v) is 19.5. The summed E-state index contributed by atoms with van der Waals surface area (Å²) in [5.41, 5.74) is 3.67. The van der Waals surface area contributed by atoms with Gasteiger partial charge in [-0.15, -0.1) is 0 Å². The lowest BCUT2D eigenvalue weighted by Gasteiger charge is -2.20. The molecule has 156 valence electrons. The van der Waals surface area contributed by atoms with Crippen LogP contribution >= 0.6 is 11.6 Å². The number of imidazole rings is 1. The van der Waals surface area contributed by atoms with Gasteiger partial charge in [-0.25, -0.2) is 9.97 Å². The highest BCUT2D eigenvalue weighted by molar-refractivity contribution is 6.76. The van der Waals surface area contributed by atoms with Crippen LogP contribution in [0.3, 0.4) is 0 Å². The maximum Gasteiger partial charge on any atom is 0.165 e. The van der Waals surface area contributed by atoms with Crippen molar-refractivity contribution in [2.24, 2.45) is 0 Å². The van der Waals surface area contributed by atoms with Crippen LogP contribution in [0.1, 0.15) is 5.56 Å². The third-order valence-corrected chi connectivity index (χ3v) is 6.64. The van der Waals surface area contributed by atoms with Crippen molar-refractivity contribution < 1.29 is 9.47 Å². The van der Waals surface area contributed by atoms with Gasteiger partial charge in [0, 0.05) is 34.3 Å². The van der Waals surface area contributed by atoms with E-state index in [-0.39, 0.29) is 0 Å². The molecule has 0 aliphatic carbocycles. The molecule has 0 saturated heterocycles. The van der Waals surface area contributed by atoms with Gasteiger partial charge in [-0.3, -0.25) is 4.57 Å². The lowest BCUT2D eigenvalue weighted by Crippen LogP contribution is -2.22. The van der Waals surface area contributed by atoms with E-state index in [4.69, 9.17) is 21.1 Å². The zero-order chi connectivity index (χ0) is 21.0. The number of hydrogen-bond donors (Lipinski definition) is 0. The SMILES string of the molecule is COc1ccc(CN(C)c2cc(Cl)nc3c2ncn3COCC[Si](C)(C)C)cc1. The Bertz CT molecular complexity index is 954. The van der Waals surface area contributed by atoms with Crippen LogP contribution in [0.15, 0.2) is 36.7 Å². The molecule has 29 heavy (non-hydrogen) atoms. The molecule has 0 radical (unpaired) electrons. The number of aromatic nitrogens is 3. The highest BCUT2D eigenvalue weighted by Gasteiger charge is 2.16. The Kier molecular flexibility index (Phi) is 6.82. The number of nitrogens with zero attached hydrogens (tertiary/aromatic N) is 4. The summed E-state index contributed by atoms with van der Waals surface area (Å²) < 4.78 is 13.0. The van der Waals surface area contributed by atoms with E-state index in [2.05, 4.69) is 46.6 Å². The van der Waals surface area contributed by atoms with E-state index in [0.717, 1.165) is 41.8 Å². The lowest BCUT2D eigenvalue weighted by atomic mass is 10.2. The van der Waals surface area contributed by atoms with Crippen molar-refractivity contribution in [2.75, 3.05) is 25.7 Å². The highest BCUT2D eigenvalue weighted by atomic mass is 35.5. The number of methoxy groups -OCH3 is 1. The largest absolute Gasteiger partial charge is 0.497 e. The number of fused-ring (bicyclic) bond motifs is 1. The molecule has 6 nitrogen and oxygen atoms in total.